The summed E-state index contributed by atoms with van der Waals surface area (Å²) in [5.74, 6) is -1.28. The zero-order valence-electron chi connectivity index (χ0n) is 24.3. The van der Waals surface area contributed by atoms with Crippen molar-refractivity contribution in [1.82, 2.24) is 4.31 Å². The molecule has 2 fully saturated rings. The number of rotatable bonds is 12. The van der Waals surface area contributed by atoms with Crippen molar-refractivity contribution in [3.63, 3.8) is 0 Å². The molecule has 1 aliphatic carbocycles. The van der Waals surface area contributed by atoms with Crippen molar-refractivity contribution < 1.29 is 54.1 Å². The first-order chi connectivity index (χ1) is 22.5. The molecule has 2 aromatic carbocycles. The van der Waals surface area contributed by atoms with Crippen LogP contribution in [0.2, 0.25) is 15.1 Å². The molecule has 1 aromatic heterocycles. The van der Waals surface area contributed by atoms with E-state index in [1.54, 1.807) is 0 Å². The molecule has 0 radical (unpaired) electrons. The van der Waals surface area contributed by atoms with Crippen LogP contribution in [0.25, 0.3) is 0 Å². The summed E-state index contributed by atoms with van der Waals surface area (Å²) in [4.78, 5) is 12.6. The third-order valence-electron chi connectivity index (χ3n) is 7.32. The van der Waals surface area contributed by atoms with Gasteiger partial charge >= 0.3 is 18.8 Å². The normalized spacial score (nSPS) is 17.8. The molecule has 1 saturated heterocycles. The van der Waals surface area contributed by atoms with Crippen LogP contribution in [0.4, 0.5) is 22.0 Å². The van der Waals surface area contributed by atoms with Crippen molar-refractivity contribution >= 4 is 62.6 Å². The highest BCUT2D eigenvalue weighted by Gasteiger charge is 2.46. The third kappa shape index (κ3) is 8.51. The number of aromatic nitrogens is 1. The van der Waals surface area contributed by atoms with Crippen LogP contribution < -0.4 is 14.2 Å². The number of sulfonamides is 1. The zero-order chi connectivity index (χ0) is 35.0. The van der Waals surface area contributed by atoms with Gasteiger partial charge in [0.25, 0.3) is 0 Å². The first-order valence-corrected chi connectivity index (χ1v) is 17.7. The summed E-state index contributed by atoms with van der Waals surface area (Å²) < 4.78 is 112. The second kappa shape index (κ2) is 14.6. The number of ether oxygens (including phenoxy) is 3. The Morgan fingerprint density at radius 3 is 2.38 bits per heavy atom. The van der Waals surface area contributed by atoms with E-state index in [-0.39, 0.29) is 68.9 Å². The number of thioether (sulfide) groups is 1. The maximum absolute atomic E-state index is 13.8. The first kappa shape index (κ1) is 36.5. The summed E-state index contributed by atoms with van der Waals surface area (Å²) in [6.07, 6.45) is -2.96. The minimum absolute atomic E-state index is 0.0390. The van der Waals surface area contributed by atoms with E-state index >= 15 is 0 Å². The smallest absolute Gasteiger partial charge is 0.417 e. The second-order valence-electron chi connectivity index (χ2n) is 10.7. The predicted octanol–water partition coefficient (Wildman–Crippen LogP) is 7.28. The number of carbonyl (C=O) groups is 1. The van der Waals surface area contributed by atoms with Gasteiger partial charge in [0.15, 0.2) is 29.3 Å². The van der Waals surface area contributed by atoms with Gasteiger partial charge in [0.1, 0.15) is 16.1 Å². The van der Waals surface area contributed by atoms with Crippen LogP contribution >= 0.6 is 46.6 Å². The minimum Gasteiger partial charge on any atom is -0.619 e. The molecule has 0 N–H and O–H groups in total. The molecule has 0 spiro atoms. The minimum atomic E-state index is -5.09. The van der Waals surface area contributed by atoms with E-state index in [1.165, 1.54) is 18.2 Å². The van der Waals surface area contributed by atoms with Crippen LogP contribution in [0.5, 0.6) is 11.5 Å². The van der Waals surface area contributed by atoms with E-state index in [2.05, 4.69) is 4.74 Å². The van der Waals surface area contributed by atoms with Crippen LogP contribution in [0, 0.1) is 11.1 Å². The van der Waals surface area contributed by atoms with E-state index in [1.807, 2.05) is 0 Å². The van der Waals surface area contributed by atoms with Crippen LogP contribution in [0.1, 0.15) is 35.6 Å². The molecule has 260 valence electrons. The Hall–Kier alpha value is -2.76. The van der Waals surface area contributed by atoms with Crippen molar-refractivity contribution in [1.29, 1.82) is 0 Å². The number of nitrogens with zero attached hydrogens (tertiary/aromatic N) is 2. The predicted molar refractivity (Wildman–Crippen MR) is 166 cm³/mol. The molecule has 1 saturated carbocycles. The Bertz CT molecular complexity index is 1780. The summed E-state index contributed by atoms with van der Waals surface area (Å²) in [5, 5.41) is 9.67. The largest absolute Gasteiger partial charge is 0.619 e. The number of alkyl halides is 5. The van der Waals surface area contributed by atoms with Crippen molar-refractivity contribution in [2.45, 2.75) is 48.4 Å². The Morgan fingerprint density at radius 2 is 1.75 bits per heavy atom. The fourth-order valence-corrected chi connectivity index (χ4v) is 8.83. The monoisotopic (exact) mass is 776 g/mol. The molecule has 48 heavy (non-hydrogen) atoms. The Balaban J connectivity index is 1.50. The number of carbonyl (C=O) groups excluding carboxylic acids is 1. The lowest BCUT2D eigenvalue weighted by molar-refractivity contribution is -0.605. The van der Waals surface area contributed by atoms with Gasteiger partial charge in [-0.15, -0.1) is 11.8 Å². The number of halogens is 8. The zero-order valence-corrected chi connectivity index (χ0v) is 28.2. The lowest BCUT2D eigenvalue weighted by atomic mass is 10.0. The van der Waals surface area contributed by atoms with Gasteiger partial charge in [-0.25, -0.2) is 13.2 Å². The molecular formula is C29H24Cl3F5N2O7S2. The molecule has 0 unspecified atom stereocenters. The second-order valence-corrected chi connectivity index (χ2v) is 15.0. The molecule has 19 heteroatoms. The maximum Gasteiger partial charge on any atom is 0.417 e. The van der Waals surface area contributed by atoms with E-state index < -0.39 is 50.7 Å². The van der Waals surface area contributed by atoms with Gasteiger partial charge in [0, 0.05) is 29.3 Å². The van der Waals surface area contributed by atoms with Gasteiger partial charge in [-0.1, -0.05) is 40.9 Å². The van der Waals surface area contributed by atoms with E-state index in [4.69, 9.17) is 44.3 Å². The molecule has 2 aliphatic rings. The third-order valence-corrected chi connectivity index (χ3v) is 11.4. The summed E-state index contributed by atoms with van der Waals surface area (Å²) in [7, 11) is -4.93. The number of pyridine rings is 1. The quantitative estimate of drug-likeness (QED) is 0.0818. The average molecular weight is 778 g/mol. The van der Waals surface area contributed by atoms with Crippen molar-refractivity contribution in [3.8, 4) is 11.5 Å². The summed E-state index contributed by atoms with van der Waals surface area (Å²) >= 11 is 19.1. The van der Waals surface area contributed by atoms with Crippen LogP contribution in [0.15, 0.2) is 53.7 Å². The van der Waals surface area contributed by atoms with Gasteiger partial charge in [0.2, 0.25) is 10.0 Å². The van der Waals surface area contributed by atoms with Gasteiger partial charge in [-0.3, -0.25) is 0 Å². The highest BCUT2D eigenvalue weighted by atomic mass is 35.5. The van der Waals surface area contributed by atoms with Crippen molar-refractivity contribution in [3.05, 3.63) is 85.8 Å². The lowest BCUT2D eigenvalue weighted by Gasteiger charge is -2.26. The Morgan fingerprint density at radius 1 is 1.06 bits per heavy atom. The summed E-state index contributed by atoms with van der Waals surface area (Å²) in [6.45, 7) is -3.31. The highest BCUT2D eigenvalue weighted by molar-refractivity contribution is 8.02. The number of esters is 1. The topological polar surface area (TPSA) is 109 Å². The van der Waals surface area contributed by atoms with Crippen LogP contribution in [-0.2, 0) is 32.2 Å². The van der Waals surface area contributed by atoms with Crippen molar-refractivity contribution in [2.24, 2.45) is 5.92 Å². The van der Waals surface area contributed by atoms with Crippen molar-refractivity contribution in [2.75, 3.05) is 18.9 Å². The van der Waals surface area contributed by atoms with Gasteiger partial charge in [0.05, 0.1) is 17.1 Å². The molecule has 9 nitrogen and oxygen atoms in total. The Kier molecular flexibility index (Phi) is 11.1. The fourth-order valence-electron chi connectivity index (χ4n) is 4.82. The molecular weight excluding hydrogens is 754 g/mol. The molecule has 0 amide bonds. The highest BCUT2D eigenvalue weighted by Crippen LogP contribution is 2.41. The average Bonchev–Trinajstić information content (AvgIpc) is 3.68. The van der Waals surface area contributed by atoms with E-state index in [0.29, 0.717) is 21.2 Å². The Labute approximate surface area is 290 Å². The molecule has 1 aliphatic heterocycles. The molecule has 2 heterocycles. The fraction of sp³-hybridized carbons (Fsp3) is 0.379. The standard InChI is InChI=1S/C29H24Cl3F5N2O7S2/c30-17-4-6-25(19(10-17)29(35,36)37)48(42,43)39-7-8-47-26(39)27(40)45-23(11-18-20(31)12-38(41)13-21(18)32)16-3-5-22(46-28(33)34)24(9-16)44-14-15-1-2-15/h3-6,9-10,12-13,15,23,26,28H,1-2,7-8,11,14H2/t23-,26-/m0/s1. The van der Waals surface area contributed by atoms with Gasteiger partial charge in [-0.2, -0.15) is 31.0 Å². The lowest BCUT2D eigenvalue weighted by Crippen LogP contribution is -2.41. The number of benzene rings is 2. The molecule has 3 aromatic rings. The van der Waals surface area contributed by atoms with Gasteiger partial charge < -0.3 is 19.4 Å². The van der Waals surface area contributed by atoms with Gasteiger partial charge in [-0.05, 0) is 54.7 Å². The SMILES string of the molecule is O=C(O[C@@H](Cc1c(Cl)c[n+]([O-])cc1Cl)c1ccc(OC(F)F)c(OCC2CC2)c1)[C@@H]1SCCN1S(=O)(=O)c1ccc(Cl)cc1C(F)(F)F. The van der Waals surface area contributed by atoms with E-state index in [9.17, 15) is 40.4 Å². The van der Waals surface area contributed by atoms with Crippen LogP contribution in [0.3, 0.4) is 0 Å². The van der Waals surface area contributed by atoms with E-state index in [0.717, 1.165) is 43.1 Å². The summed E-state index contributed by atoms with van der Waals surface area (Å²) in [5.41, 5.74) is -1.20. The summed E-state index contributed by atoms with van der Waals surface area (Å²) in [6, 6.07) is 5.95. The molecule has 2 atom stereocenters. The number of hydrogen-bond acceptors (Lipinski definition) is 8. The first-order valence-electron chi connectivity index (χ1n) is 14.0. The maximum atomic E-state index is 13.8. The number of hydrogen-bond donors (Lipinski definition) is 0. The molecule has 5 rings (SSSR count). The molecule has 0 bridgehead atoms. The van der Waals surface area contributed by atoms with Crippen LogP contribution in [-0.4, -0.2) is 49.6 Å².